The number of benzene rings is 1. The maximum absolute atomic E-state index is 12.8. The molecule has 1 aliphatic rings. The minimum absolute atomic E-state index is 0.0467. The van der Waals surface area contributed by atoms with Crippen LogP contribution in [0, 0.1) is 20.8 Å². The van der Waals surface area contributed by atoms with Crippen LogP contribution in [0.15, 0.2) is 29.2 Å². The number of nitrogens with zero attached hydrogens (tertiary/aromatic N) is 2. The van der Waals surface area contributed by atoms with Gasteiger partial charge in [0.15, 0.2) is 0 Å². The SMILES string of the molecule is Cc1ccc(C(CNS(=O)(=O)c2c(C)n[nH]c2C)N2CCCC2)cc1. The van der Waals surface area contributed by atoms with Crippen molar-refractivity contribution >= 4 is 10.0 Å². The summed E-state index contributed by atoms with van der Waals surface area (Å²) in [7, 11) is -3.59. The van der Waals surface area contributed by atoms with Crippen LogP contribution in [0.5, 0.6) is 0 Å². The fourth-order valence-corrected chi connectivity index (χ4v) is 4.90. The zero-order valence-electron chi connectivity index (χ0n) is 15.0. The lowest BCUT2D eigenvalue weighted by Gasteiger charge is -2.28. The summed E-state index contributed by atoms with van der Waals surface area (Å²) < 4.78 is 28.3. The van der Waals surface area contributed by atoms with E-state index in [0.29, 0.717) is 17.9 Å². The van der Waals surface area contributed by atoms with Gasteiger partial charge in [0.25, 0.3) is 0 Å². The molecule has 2 aromatic rings. The van der Waals surface area contributed by atoms with Gasteiger partial charge in [0.05, 0.1) is 11.4 Å². The van der Waals surface area contributed by atoms with Gasteiger partial charge in [-0.3, -0.25) is 10.00 Å². The molecule has 1 aliphatic heterocycles. The Bertz CT molecular complexity index is 802. The van der Waals surface area contributed by atoms with E-state index in [2.05, 4.69) is 51.0 Å². The molecule has 136 valence electrons. The zero-order chi connectivity index (χ0) is 18.0. The van der Waals surface area contributed by atoms with E-state index in [9.17, 15) is 8.42 Å². The van der Waals surface area contributed by atoms with E-state index >= 15 is 0 Å². The number of likely N-dealkylation sites (tertiary alicyclic amines) is 1. The highest BCUT2D eigenvalue weighted by molar-refractivity contribution is 7.89. The van der Waals surface area contributed by atoms with Crippen molar-refractivity contribution in [1.82, 2.24) is 19.8 Å². The molecular formula is C18H26N4O2S. The molecular weight excluding hydrogens is 336 g/mol. The van der Waals surface area contributed by atoms with Gasteiger partial charge in [-0.15, -0.1) is 0 Å². The van der Waals surface area contributed by atoms with Crippen molar-refractivity contribution in [3.63, 3.8) is 0 Å². The lowest BCUT2D eigenvalue weighted by atomic mass is 10.0. The standard InChI is InChI=1S/C18H26N4O2S/c1-13-6-8-16(9-7-13)17(22-10-4-5-11-22)12-19-25(23,24)18-14(2)20-21-15(18)3/h6-9,17,19H,4-5,10-12H2,1-3H3,(H,20,21). The second-order valence-corrected chi connectivity index (χ2v) is 8.49. The lowest BCUT2D eigenvalue weighted by Crippen LogP contribution is -2.37. The number of hydrogen-bond acceptors (Lipinski definition) is 4. The van der Waals surface area contributed by atoms with Gasteiger partial charge in [-0.25, -0.2) is 13.1 Å². The molecule has 1 fully saturated rings. The Morgan fingerprint density at radius 3 is 2.36 bits per heavy atom. The minimum atomic E-state index is -3.59. The van der Waals surface area contributed by atoms with Crippen LogP contribution in [0.4, 0.5) is 0 Å². The van der Waals surface area contributed by atoms with Crippen molar-refractivity contribution in [3.8, 4) is 0 Å². The summed E-state index contributed by atoms with van der Waals surface area (Å²) in [6, 6.07) is 8.40. The highest BCUT2D eigenvalue weighted by Crippen LogP contribution is 2.26. The smallest absolute Gasteiger partial charge is 0.244 e. The number of aromatic nitrogens is 2. The molecule has 7 heteroatoms. The van der Waals surface area contributed by atoms with E-state index in [1.54, 1.807) is 13.8 Å². The van der Waals surface area contributed by atoms with Crippen molar-refractivity contribution in [3.05, 3.63) is 46.8 Å². The lowest BCUT2D eigenvalue weighted by molar-refractivity contribution is 0.246. The molecule has 0 spiro atoms. The average molecular weight is 362 g/mol. The molecule has 25 heavy (non-hydrogen) atoms. The quantitative estimate of drug-likeness (QED) is 0.827. The number of hydrogen-bond donors (Lipinski definition) is 2. The Kier molecular flexibility index (Phi) is 5.27. The largest absolute Gasteiger partial charge is 0.295 e. The molecule has 6 nitrogen and oxygen atoms in total. The van der Waals surface area contributed by atoms with Crippen LogP contribution < -0.4 is 4.72 Å². The third-order valence-electron chi connectivity index (χ3n) is 4.84. The summed E-state index contributed by atoms with van der Waals surface area (Å²) in [5.74, 6) is 0. The molecule has 2 N–H and O–H groups in total. The van der Waals surface area contributed by atoms with Gasteiger partial charge in [0.2, 0.25) is 10.0 Å². The fourth-order valence-electron chi connectivity index (χ4n) is 3.50. The van der Waals surface area contributed by atoms with Gasteiger partial charge in [0, 0.05) is 12.6 Å². The van der Waals surface area contributed by atoms with Crippen molar-refractivity contribution in [2.24, 2.45) is 0 Å². The predicted octanol–water partition coefficient (Wildman–Crippen LogP) is 2.45. The van der Waals surface area contributed by atoms with Crippen molar-refractivity contribution in [1.29, 1.82) is 0 Å². The Hall–Kier alpha value is -1.70. The third kappa shape index (κ3) is 3.94. The van der Waals surface area contributed by atoms with Crippen LogP contribution in [0.25, 0.3) is 0 Å². The van der Waals surface area contributed by atoms with Crippen LogP contribution >= 0.6 is 0 Å². The van der Waals surface area contributed by atoms with Gasteiger partial charge < -0.3 is 0 Å². The first kappa shape index (κ1) is 18.1. The Morgan fingerprint density at radius 2 is 1.80 bits per heavy atom. The molecule has 3 rings (SSSR count). The van der Waals surface area contributed by atoms with Gasteiger partial charge >= 0.3 is 0 Å². The van der Waals surface area contributed by atoms with E-state index in [1.807, 2.05) is 0 Å². The molecule has 1 aromatic carbocycles. The maximum atomic E-state index is 12.8. The molecule has 0 saturated carbocycles. The second-order valence-electron chi connectivity index (χ2n) is 6.78. The summed E-state index contributed by atoms with van der Waals surface area (Å²) in [4.78, 5) is 2.62. The van der Waals surface area contributed by atoms with Gasteiger partial charge in [-0.05, 0) is 52.3 Å². The summed E-state index contributed by atoms with van der Waals surface area (Å²) in [6.45, 7) is 7.85. The highest BCUT2D eigenvalue weighted by atomic mass is 32.2. The predicted molar refractivity (Wildman–Crippen MR) is 98.0 cm³/mol. The van der Waals surface area contributed by atoms with Gasteiger partial charge in [0.1, 0.15) is 4.90 Å². The molecule has 1 aromatic heterocycles. The molecule has 0 bridgehead atoms. The summed E-state index contributed by atoms with van der Waals surface area (Å²) >= 11 is 0. The minimum Gasteiger partial charge on any atom is -0.295 e. The van der Waals surface area contributed by atoms with Crippen molar-refractivity contribution < 1.29 is 8.42 Å². The molecule has 1 saturated heterocycles. The van der Waals surface area contributed by atoms with E-state index in [0.717, 1.165) is 31.5 Å². The summed E-state index contributed by atoms with van der Waals surface area (Å²) in [5.41, 5.74) is 3.42. The number of sulfonamides is 1. The van der Waals surface area contributed by atoms with Crippen molar-refractivity contribution in [2.75, 3.05) is 19.6 Å². The van der Waals surface area contributed by atoms with Gasteiger partial charge in [-0.2, -0.15) is 5.10 Å². The Morgan fingerprint density at radius 1 is 1.16 bits per heavy atom. The highest BCUT2D eigenvalue weighted by Gasteiger charge is 2.27. The number of rotatable bonds is 6. The number of H-pyrrole nitrogens is 1. The van der Waals surface area contributed by atoms with Crippen LogP contribution in [-0.4, -0.2) is 43.1 Å². The van der Waals surface area contributed by atoms with Crippen molar-refractivity contribution in [2.45, 2.75) is 44.6 Å². The normalized spacial score (nSPS) is 17.1. The average Bonchev–Trinajstić information content (AvgIpc) is 3.19. The van der Waals surface area contributed by atoms with Crippen LogP contribution in [0.2, 0.25) is 0 Å². The molecule has 1 unspecified atom stereocenters. The first-order valence-corrected chi connectivity index (χ1v) is 10.2. The van der Waals surface area contributed by atoms with E-state index < -0.39 is 10.0 Å². The van der Waals surface area contributed by atoms with E-state index in [4.69, 9.17) is 0 Å². The molecule has 0 radical (unpaired) electrons. The first-order chi connectivity index (χ1) is 11.9. The Balaban J connectivity index is 1.82. The Labute approximate surface area is 149 Å². The molecule has 0 aliphatic carbocycles. The third-order valence-corrected chi connectivity index (χ3v) is 6.53. The van der Waals surface area contributed by atoms with Crippen LogP contribution in [0.1, 0.15) is 41.4 Å². The maximum Gasteiger partial charge on any atom is 0.244 e. The number of aryl methyl sites for hydroxylation is 3. The molecule has 0 amide bonds. The monoisotopic (exact) mass is 362 g/mol. The molecule has 1 atom stereocenters. The topological polar surface area (TPSA) is 78.1 Å². The van der Waals surface area contributed by atoms with Gasteiger partial charge in [-0.1, -0.05) is 29.8 Å². The van der Waals surface area contributed by atoms with Crippen LogP contribution in [0.3, 0.4) is 0 Å². The number of aromatic amines is 1. The number of nitrogens with one attached hydrogen (secondary N) is 2. The van der Waals surface area contributed by atoms with Crippen LogP contribution in [-0.2, 0) is 10.0 Å². The molecule has 2 heterocycles. The van der Waals surface area contributed by atoms with E-state index in [1.165, 1.54) is 5.56 Å². The zero-order valence-corrected chi connectivity index (χ0v) is 15.9. The first-order valence-electron chi connectivity index (χ1n) is 8.70. The second kappa shape index (κ2) is 7.27. The summed E-state index contributed by atoms with van der Waals surface area (Å²) in [5, 5.41) is 6.74. The fraction of sp³-hybridized carbons (Fsp3) is 0.500. The summed E-state index contributed by atoms with van der Waals surface area (Å²) in [6.07, 6.45) is 2.32. The van der Waals surface area contributed by atoms with E-state index in [-0.39, 0.29) is 10.9 Å².